The standard InChI is InChI=1S/C15H15ClO3/c1-10(17)15-13(18-2)8-5-9-14(15)19-12-7-4-3-6-11(12)16/h3-10,17H,1-2H3. The molecule has 0 aliphatic heterocycles. The molecule has 0 fully saturated rings. The quantitative estimate of drug-likeness (QED) is 0.911. The molecule has 1 atom stereocenters. The lowest BCUT2D eigenvalue weighted by Crippen LogP contribution is -2.00. The zero-order valence-corrected chi connectivity index (χ0v) is 11.5. The Labute approximate surface area is 117 Å². The molecule has 2 aromatic carbocycles. The predicted octanol–water partition coefficient (Wildman–Crippen LogP) is 4.19. The van der Waals surface area contributed by atoms with Gasteiger partial charge in [-0.15, -0.1) is 0 Å². The number of methoxy groups -OCH3 is 1. The molecule has 0 saturated carbocycles. The summed E-state index contributed by atoms with van der Waals surface area (Å²) in [6, 6.07) is 12.5. The minimum atomic E-state index is -0.700. The van der Waals surface area contributed by atoms with Crippen LogP contribution in [0.2, 0.25) is 5.02 Å². The molecule has 0 heterocycles. The predicted molar refractivity (Wildman–Crippen MR) is 75.2 cm³/mol. The number of ether oxygens (including phenoxy) is 2. The van der Waals surface area contributed by atoms with Crippen molar-refractivity contribution in [1.29, 1.82) is 0 Å². The normalized spacial score (nSPS) is 12.0. The molecule has 0 aliphatic carbocycles. The molecule has 0 bridgehead atoms. The average Bonchev–Trinajstić information content (AvgIpc) is 2.40. The number of halogens is 1. The van der Waals surface area contributed by atoms with Crippen LogP contribution in [-0.4, -0.2) is 12.2 Å². The van der Waals surface area contributed by atoms with E-state index in [1.54, 1.807) is 44.4 Å². The van der Waals surface area contributed by atoms with E-state index < -0.39 is 6.10 Å². The fourth-order valence-corrected chi connectivity index (χ4v) is 2.02. The van der Waals surface area contributed by atoms with Gasteiger partial charge >= 0.3 is 0 Å². The molecule has 0 amide bonds. The minimum absolute atomic E-state index is 0.516. The summed E-state index contributed by atoms with van der Waals surface area (Å²) in [7, 11) is 1.56. The highest BCUT2D eigenvalue weighted by Crippen LogP contribution is 2.38. The molecule has 3 nitrogen and oxygen atoms in total. The smallest absolute Gasteiger partial charge is 0.146 e. The van der Waals surface area contributed by atoms with Crippen LogP contribution in [0.1, 0.15) is 18.6 Å². The maximum Gasteiger partial charge on any atom is 0.146 e. The van der Waals surface area contributed by atoms with Crippen LogP contribution in [0.4, 0.5) is 0 Å². The van der Waals surface area contributed by atoms with Crippen molar-refractivity contribution in [2.24, 2.45) is 0 Å². The van der Waals surface area contributed by atoms with Gasteiger partial charge in [-0.25, -0.2) is 0 Å². The first-order valence-corrected chi connectivity index (χ1v) is 6.28. The number of benzene rings is 2. The Morgan fingerprint density at radius 2 is 1.63 bits per heavy atom. The van der Waals surface area contributed by atoms with Crippen molar-refractivity contribution in [3.8, 4) is 17.2 Å². The number of aliphatic hydroxyl groups is 1. The van der Waals surface area contributed by atoms with Gasteiger partial charge in [0.15, 0.2) is 0 Å². The maximum absolute atomic E-state index is 9.87. The van der Waals surface area contributed by atoms with Gasteiger partial charge in [0.25, 0.3) is 0 Å². The van der Waals surface area contributed by atoms with Crippen LogP contribution in [0.15, 0.2) is 42.5 Å². The molecule has 0 saturated heterocycles. The van der Waals surface area contributed by atoms with Crippen molar-refractivity contribution in [3.63, 3.8) is 0 Å². The van der Waals surface area contributed by atoms with Crippen molar-refractivity contribution in [2.75, 3.05) is 7.11 Å². The molecule has 0 aromatic heterocycles. The number of hydrogen-bond acceptors (Lipinski definition) is 3. The van der Waals surface area contributed by atoms with Crippen LogP contribution in [0, 0.1) is 0 Å². The van der Waals surface area contributed by atoms with Gasteiger partial charge in [0.1, 0.15) is 17.2 Å². The van der Waals surface area contributed by atoms with E-state index in [1.165, 1.54) is 0 Å². The van der Waals surface area contributed by atoms with E-state index in [9.17, 15) is 5.11 Å². The van der Waals surface area contributed by atoms with E-state index in [4.69, 9.17) is 21.1 Å². The summed E-state index contributed by atoms with van der Waals surface area (Å²) < 4.78 is 11.0. The van der Waals surface area contributed by atoms with E-state index in [-0.39, 0.29) is 0 Å². The van der Waals surface area contributed by atoms with E-state index in [1.807, 2.05) is 12.1 Å². The molecule has 2 aromatic rings. The highest BCUT2D eigenvalue weighted by atomic mass is 35.5. The second-order valence-electron chi connectivity index (χ2n) is 4.08. The zero-order valence-electron chi connectivity index (χ0n) is 10.8. The van der Waals surface area contributed by atoms with Crippen molar-refractivity contribution in [2.45, 2.75) is 13.0 Å². The summed E-state index contributed by atoms with van der Waals surface area (Å²) in [6.45, 7) is 1.66. The molecule has 100 valence electrons. The van der Waals surface area contributed by atoms with Crippen LogP contribution < -0.4 is 9.47 Å². The van der Waals surface area contributed by atoms with Crippen LogP contribution >= 0.6 is 11.6 Å². The molecular formula is C15H15ClO3. The molecule has 4 heteroatoms. The van der Waals surface area contributed by atoms with Gasteiger partial charge in [-0.05, 0) is 31.2 Å². The Hall–Kier alpha value is -1.71. The van der Waals surface area contributed by atoms with Gasteiger partial charge in [-0.2, -0.15) is 0 Å². The molecule has 19 heavy (non-hydrogen) atoms. The summed E-state index contributed by atoms with van der Waals surface area (Å²) in [5.41, 5.74) is 0.602. The van der Waals surface area contributed by atoms with Crippen LogP contribution in [0.5, 0.6) is 17.2 Å². The second-order valence-corrected chi connectivity index (χ2v) is 4.49. The summed E-state index contributed by atoms with van der Waals surface area (Å²) in [5.74, 6) is 1.65. The number of para-hydroxylation sites is 1. The van der Waals surface area contributed by atoms with Gasteiger partial charge in [0, 0.05) is 0 Å². The molecule has 0 radical (unpaired) electrons. The Morgan fingerprint density at radius 1 is 1.00 bits per heavy atom. The van der Waals surface area contributed by atoms with Crippen molar-refractivity contribution in [1.82, 2.24) is 0 Å². The number of hydrogen-bond donors (Lipinski definition) is 1. The Bertz CT molecular complexity index is 567. The largest absolute Gasteiger partial charge is 0.496 e. The lowest BCUT2D eigenvalue weighted by Gasteiger charge is -2.16. The van der Waals surface area contributed by atoms with Gasteiger partial charge in [-0.3, -0.25) is 0 Å². The zero-order chi connectivity index (χ0) is 13.8. The summed E-state index contributed by atoms with van der Waals surface area (Å²) in [4.78, 5) is 0. The third kappa shape index (κ3) is 3.00. The molecule has 0 aliphatic rings. The van der Waals surface area contributed by atoms with Crippen molar-refractivity contribution in [3.05, 3.63) is 53.1 Å². The van der Waals surface area contributed by atoms with E-state index >= 15 is 0 Å². The Balaban J connectivity index is 2.43. The average molecular weight is 279 g/mol. The number of rotatable bonds is 4. The highest BCUT2D eigenvalue weighted by molar-refractivity contribution is 6.32. The first-order chi connectivity index (χ1) is 9.13. The van der Waals surface area contributed by atoms with Crippen molar-refractivity contribution < 1.29 is 14.6 Å². The molecular weight excluding hydrogens is 264 g/mol. The molecule has 1 N–H and O–H groups in total. The fourth-order valence-electron chi connectivity index (χ4n) is 1.85. The first kappa shape index (κ1) is 13.7. The Morgan fingerprint density at radius 3 is 2.26 bits per heavy atom. The van der Waals surface area contributed by atoms with Crippen LogP contribution in [0.25, 0.3) is 0 Å². The number of aliphatic hydroxyl groups excluding tert-OH is 1. The monoisotopic (exact) mass is 278 g/mol. The van der Waals surface area contributed by atoms with Crippen molar-refractivity contribution >= 4 is 11.6 Å². The summed E-state index contributed by atoms with van der Waals surface area (Å²) >= 11 is 6.06. The maximum atomic E-state index is 9.87. The van der Waals surface area contributed by atoms with Gasteiger partial charge in [0.2, 0.25) is 0 Å². The molecule has 1 unspecified atom stereocenters. The van der Waals surface area contributed by atoms with E-state index in [2.05, 4.69) is 0 Å². The topological polar surface area (TPSA) is 38.7 Å². The van der Waals surface area contributed by atoms with E-state index in [0.29, 0.717) is 27.8 Å². The third-order valence-electron chi connectivity index (χ3n) is 2.72. The van der Waals surface area contributed by atoms with Gasteiger partial charge in [0.05, 0.1) is 23.8 Å². The molecule has 0 spiro atoms. The van der Waals surface area contributed by atoms with E-state index in [0.717, 1.165) is 0 Å². The minimum Gasteiger partial charge on any atom is -0.496 e. The van der Waals surface area contributed by atoms with Gasteiger partial charge < -0.3 is 14.6 Å². The Kier molecular flexibility index (Phi) is 4.30. The lowest BCUT2D eigenvalue weighted by atomic mass is 10.1. The summed E-state index contributed by atoms with van der Waals surface area (Å²) in [5, 5.41) is 10.4. The van der Waals surface area contributed by atoms with Crippen LogP contribution in [0.3, 0.4) is 0 Å². The fraction of sp³-hybridized carbons (Fsp3) is 0.200. The first-order valence-electron chi connectivity index (χ1n) is 5.91. The molecule has 2 rings (SSSR count). The third-order valence-corrected chi connectivity index (χ3v) is 3.03. The summed E-state index contributed by atoms with van der Waals surface area (Å²) in [6.07, 6.45) is -0.700. The van der Waals surface area contributed by atoms with Gasteiger partial charge in [-0.1, -0.05) is 29.8 Å². The highest BCUT2D eigenvalue weighted by Gasteiger charge is 2.16. The SMILES string of the molecule is COc1cccc(Oc2ccccc2Cl)c1C(C)O. The lowest BCUT2D eigenvalue weighted by molar-refractivity contribution is 0.190. The van der Waals surface area contributed by atoms with Crippen LogP contribution in [-0.2, 0) is 0 Å². The second kappa shape index (κ2) is 5.95.